The number of hydrogen-bond donors (Lipinski definition) is 1. The predicted molar refractivity (Wildman–Crippen MR) is 112 cm³/mol. The van der Waals surface area contributed by atoms with Gasteiger partial charge in [-0.2, -0.15) is 0 Å². The molecular formula is C23H29NO5. The molecule has 0 bridgehead atoms. The first-order valence-corrected chi connectivity index (χ1v) is 9.73. The molecule has 156 valence electrons. The van der Waals surface area contributed by atoms with E-state index in [1.54, 1.807) is 14.2 Å². The van der Waals surface area contributed by atoms with E-state index in [0.717, 1.165) is 29.0 Å². The SMILES string of the molecule is C=CCC[C@H](O)CN(Cc1ccc(OC)c(OC)c1)Cc1ccc2c(c1)OCO2. The Morgan fingerprint density at radius 1 is 1.03 bits per heavy atom. The maximum atomic E-state index is 10.5. The summed E-state index contributed by atoms with van der Waals surface area (Å²) in [4.78, 5) is 2.21. The van der Waals surface area contributed by atoms with E-state index in [2.05, 4.69) is 11.5 Å². The predicted octanol–water partition coefficient (Wildman–Crippen LogP) is 3.76. The molecule has 0 amide bonds. The van der Waals surface area contributed by atoms with Crippen molar-refractivity contribution in [1.82, 2.24) is 4.90 Å². The lowest BCUT2D eigenvalue weighted by Gasteiger charge is -2.25. The van der Waals surface area contributed by atoms with Crippen LogP contribution in [0.5, 0.6) is 23.0 Å². The fraction of sp³-hybridized carbons (Fsp3) is 0.391. The van der Waals surface area contributed by atoms with Crippen molar-refractivity contribution in [2.45, 2.75) is 32.0 Å². The standard InChI is InChI=1S/C23H29NO5/c1-4-5-6-19(25)15-24(13-17-7-9-20(26-2)22(11-17)27-3)14-18-8-10-21-23(12-18)29-16-28-21/h4,7-12,19,25H,1,5-6,13-16H2,2-3H3/t19-/m0/s1. The molecule has 29 heavy (non-hydrogen) atoms. The number of fused-ring (bicyclic) bond motifs is 1. The Balaban J connectivity index is 1.76. The van der Waals surface area contributed by atoms with E-state index in [4.69, 9.17) is 18.9 Å². The summed E-state index contributed by atoms with van der Waals surface area (Å²) in [5.74, 6) is 2.93. The summed E-state index contributed by atoms with van der Waals surface area (Å²) in [6.07, 6.45) is 2.88. The highest BCUT2D eigenvalue weighted by molar-refractivity contribution is 5.45. The molecule has 0 aromatic heterocycles. The first kappa shape index (κ1) is 21.0. The van der Waals surface area contributed by atoms with Gasteiger partial charge in [0.25, 0.3) is 0 Å². The van der Waals surface area contributed by atoms with Crippen LogP contribution >= 0.6 is 0 Å². The molecule has 2 aromatic carbocycles. The quantitative estimate of drug-likeness (QED) is 0.581. The molecule has 2 aromatic rings. The Bertz CT molecular complexity index is 823. The van der Waals surface area contributed by atoms with Crippen LogP contribution in [0.3, 0.4) is 0 Å². The fourth-order valence-electron chi connectivity index (χ4n) is 3.42. The third-order valence-corrected chi connectivity index (χ3v) is 4.87. The minimum absolute atomic E-state index is 0.258. The van der Waals surface area contributed by atoms with Crippen LogP contribution in [0.2, 0.25) is 0 Å². The largest absolute Gasteiger partial charge is 0.493 e. The van der Waals surface area contributed by atoms with Gasteiger partial charge in [0, 0.05) is 19.6 Å². The van der Waals surface area contributed by atoms with Gasteiger partial charge < -0.3 is 24.1 Å². The number of allylic oxidation sites excluding steroid dienone is 1. The van der Waals surface area contributed by atoms with E-state index in [1.165, 1.54) is 0 Å². The summed E-state index contributed by atoms with van der Waals surface area (Å²) in [6, 6.07) is 11.9. The summed E-state index contributed by atoms with van der Waals surface area (Å²) >= 11 is 0. The first-order valence-electron chi connectivity index (χ1n) is 9.73. The third kappa shape index (κ3) is 5.65. The zero-order chi connectivity index (χ0) is 20.6. The highest BCUT2D eigenvalue weighted by Gasteiger charge is 2.17. The number of nitrogens with zero attached hydrogens (tertiary/aromatic N) is 1. The molecule has 6 heteroatoms. The maximum absolute atomic E-state index is 10.5. The Morgan fingerprint density at radius 3 is 2.45 bits per heavy atom. The van der Waals surface area contributed by atoms with Crippen molar-refractivity contribution in [2.24, 2.45) is 0 Å². The Hall–Kier alpha value is -2.70. The Labute approximate surface area is 172 Å². The van der Waals surface area contributed by atoms with Gasteiger partial charge in [-0.25, -0.2) is 0 Å². The van der Waals surface area contributed by atoms with Crippen LogP contribution in [-0.2, 0) is 13.1 Å². The van der Waals surface area contributed by atoms with Gasteiger partial charge in [-0.15, -0.1) is 6.58 Å². The minimum atomic E-state index is -0.429. The van der Waals surface area contributed by atoms with Gasteiger partial charge >= 0.3 is 0 Å². The Kier molecular flexibility index (Phi) is 7.38. The molecule has 0 radical (unpaired) electrons. The molecule has 1 aliphatic rings. The first-order chi connectivity index (χ1) is 14.1. The van der Waals surface area contributed by atoms with Crippen molar-refractivity contribution >= 4 is 0 Å². The second kappa shape index (κ2) is 10.2. The topological polar surface area (TPSA) is 60.4 Å². The van der Waals surface area contributed by atoms with Crippen LogP contribution in [0.25, 0.3) is 0 Å². The second-order valence-corrected chi connectivity index (χ2v) is 7.07. The lowest BCUT2D eigenvalue weighted by Crippen LogP contribution is -2.31. The normalized spacial score (nSPS) is 13.4. The van der Waals surface area contributed by atoms with Crippen molar-refractivity contribution in [3.8, 4) is 23.0 Å². The highest BCUT2D eigenvalue weighted by Crippen LogP contribution is 2.33. The van der Waals surface area contributed by atoms with E-state index in [9.17, 15) is 5.11 Å². The number of benzene rings is 2. The molecule has 3 rings (SSSR count). The van der Waals surface area contributed by atoms with Crippen molar-refractivity contribution in [1.29, 1.82) is 0 Å². The van der Waals surface area contributed by atoms with Gasteiger partial charge in [0.2, 0.25) is 6.79 Å². The van der Waals surface area contributed by atoms with Gasteiger partial charge in [-0.05, 0) is 48.2 Å². The van der Waals surface area contributed by atoms with Crippen LogP contribution in [0.1, 0.15) is 24.0 Å². The lowest BCUT2D eigenvalue weighted by molar-refractivity contribution is 0.0983. The number of ether oxygens (including phenoxy) is 4. The zero-order valence-corrected chi connectivity index (χ0v) is 17.1. The molecule has 0 aliphatic carbocycles. The average molecular weight is 399 g/mol. The van der Waals surface area contributed by atoms with Gasteiger partial charge in [0.05, 0.1) is 20.3 Å². The molecule has 0 saturated carbocycles. The summed E-state index contributed by atoms with van der Waals surface area (Å²) in [6.45, 7) is 5.89. The maximum Gasteiger partial charge on any atom is 0.231 e. The monoisotopic (exact) mass is 399 g/mol. The van der Waals surface area contributed by atoms with Crippen LogP contribution in [-0.4, -0.2) is 43.7 Å². The second-order valence-electron chi connectivity index (χ2n) is 7.07. The van der Waals surface area contributed by atoms with E-state index in [-0.39, 0.29) is 6.79 Å². The van der Waals surface area contributed by atoms with Crippen molar-refractivity contribution < 1.29 is 24.1 Å². The number of methoxy groups -OCH3 is 2. The van der Waals surface area contributed by atoms with Gasteiger partial charge in [0.15, 0.2) is 23.0 Å². The van der Waals surface area contributed by atoms with Gasteiger partial charge in [-0.1, -0.05) is 18.2 Å². The van der Waals surface area contributed by atoms with Gasteiger partial charge in [0.1, 0.15) is 0 Å². The molecule has 1 aliphatic heterocycles. The summed E-state index contributed by atoms with van der Waals surface area (Å²) in [5.41, 5.74) is 2.19. The van der Waals surface area contributed by atoms with E-state index in [1.807, 2.05) is 42.5 Å². The Morgan fingerprint density at radius 2 is 1.72 bits per heavy atom. The molecule has 0 unspecified atom stereocenters. The van der Waals surface area contributed by atoms with E-state index in [0.29, 0.717) is 37.6 Å². The molecule has 6 nitrogen and oxygen atoms in total. The molecule has 0 saturated heterocycles. The van der Waals surface area contributed by atoms with Crippen molar-refractivity contribution in [3.63, 3.8) is 0 Å². The lowest BCUT2D eigenvalue weighted by atomic mass is 10.1. The summed E-state index contributed by atoms with van der Waals surface area (Å²) in [7, 11) is 3.25. The molecule has 0 spiro atoms. The van der Waals surface area contributed by atoms with Crippen LogP contribution in [0.15, 0.2) is 49.1 Å². The van der Waals surface area contributed by atoms with Crippen molar-refractivity contribution in [3.05, 3.63) is 60.2 Å². The number of hydrogen-bond acceptors (Lipinski definition) is 6. The fourth-order valence-corrected chi connectivity index (χ4v) is 3.42. The van der Waals surface area contributed by atoms with Crippen LogP contribution in [0.4, 0.5) is 0 Å². The smallest absolute Gasteiger partial charge is 0.231 e. The number of rotatable bonds is 11. The average Bonchev–Trinajstić information content (AvgIpc) is 3.20. The molecular weight excluding hydrogens is 370 g/mol. The minimum Gasteiger partial charge on any atom is -0.493 e. The van der Waals surface area contributed by atoms with E-state index < -0.39 is 6.10 Å². The zero-order valence-electron chi connectivity index (χ0n) is 17.1. The summed E-state index contributed by atoms with van der Waals surface area (Å²) < 4.78 is 21.7. The number of aliphatic hydroxyl groups excluding tert-OH is 1. The molecule has 1 heterocycles. The van der Waals surface area contributed by atoms with Crippen LogP contribution in [0, 0.1) is 0 Å². The van der Waals surface area contributed by atoms with Gasteiger partial charge in [-0.3, -0.25) is 4.90 Å². The number of aliphatic hydroxyl groups is 1. The molecule has 0 fully saturated rings. The highest BCUT2D eigenvalue weighted by atomic mass is 16.7. The summed E-state index contributed by atoms with van der Waals surface area (Å²) in [5, 5.41) is 10.5. The molecule has 1 N–H and O–H groups in total. The molecule has 1 atom stereocenters. The van der Waals surface area contributed by atoms with Crippen molar-refractivity contribution in [2.75, 3.05) is 27.6 Å². The van der Waals surface area contributed by atoms with Crippen LogP contribution < -0.4 is 18.9 Å². The third-order valence-electron chi connectivity index (χ3n) is 4.87. The van der Waals surface area contributed by atoms with E-state index >= 15 is 0 Å².